The fourth-order valence-electron chi connectivity index (χ4n) is 1.62. The third-order valence-electron chi connectivity index (χ3n) is 2.41. The molecule has 1 aromatic heterocycles. The topological polar surface area (TPSA) is 25.4 Å². The third kappa shape index (κ3) is 2.90. The maximum Gasteiger partial charge on any atom is 0.183 e. The molecule has 2 rings (SSSR count). The molecule has 0 spiro atoms. The normalized spacial score (nSPS) is 10.3. The first kappa shape index (κ1) is 12.2. The second-order valence-electron chi connectivity index (χ2n) is 3.61. The zero-order valence-corrected chi connectivity index (χ0v) is 11.3. The van der Waals surface area contributed by atoms with Crippen LogP contribution in [-0.4, -0.2) is 19.1 Å². The summed E-state index contributed by atoms with van der Waals surface area (Å²) >= 11 is 7.31. The maximum atomic E-state index is 5.81. The van der Waals surface area contributed by atoms with E-state index < -0.39 is 0 Å². The first-order valence-corrected chi connectivity index (χ1v) is 6.34. The first-order valence-electron chi connectivity index (χ1n) is 5.15. The smallest absolute Gasteiger partial charge is 0.183 e. The van der Waals surface area contributed by atoms with Crippen LogP contribution in [0.2, 0.25) is 4.47 Å². The Labute approximate surface area is 110 Å². The molecular weight excluding hydrogens is 256 g/mol. The number of thiazole rings is 1. The number of benzene rings is 1. The molecular formula is C12H13ClN2OS. The molecule has 0 aliphatic carbocycles. The lowest BCUT2D eigenvalue weighted by Gasteiger charge is -2.20. The number of halogens is 1. The molecule has 17 heavy (non-hydrogen) atoms. The molecule has 0 atom stereocenters. The van der Waals surface area contributed by atoms with Crippen LogP contribution in [0.4, 0.5) is 5.69 Å². The van der Waals surface area contributed by atoms with Crippen LogP contribution < -0.4 is 9.64 Å². The quantitative estimate of drug-likeness (QED) is 0.849. The zero-order chi connectivity index (χ0) is 12.3. The van der Waals surface area contributed by atoms with Crippen LogP contribution in [0.25, 0.3) is 0 Å². The molecule has 1 heterocycles. The predicted octanol–water partition coefficient (Wildman–Crippen LogP) is 3.44. The number of para-hydroxylation sites is 2. The molecule has 1 aromatic carbocycles. The molecule has 0 amide bonds. The van der Waals surface area contributed by atoms with Crippen molar-refractivity contribution in [3.63, 3.8) is 0 Å². The van der Waals surface area contributed by atoms with Gasteiger partial charge in [-0.05, 0) is 12.1 Å². The summed E-state index contributed by atoms with van der Waals surface area (Å²) in [5.74, 6) is 0.866. The lowest BCUT2D eigenvalue weighted by molar-refractivity contribution is 0.415. The van der Waals surface area contributed by atoms with Gasteiger partial charge in [0.2, 0.25) is 0 Å². The fourth-order valence-corrected chi connectivity index (χ4v) is 2.65. The summed E-state index contributed by atoms with van der Waals surface area (Å²) in [5, 5.41) is 0. The maximum absolute atomic E-state index is 5.81. The van der Waals surface area contributed by atoms with Crippen LogP contribution >= 0.6 is 22.9 Å². The Bertz CT molecular complexity index is 501. The Morgan fingerprint density at radius 1 is 1.41 bits per heavy atom. The highest BCUT2D eigenvalue weighted by Crippen LogP contribution is 2.29. The van der Waals surface area contributed by atoms with Crippen molar-refractivity contribution in [2.24, 2.45) is 0 Å². The minimum absolute atomic E-state index is 0.577. The molecule has 0 fully saturated rings. The number of rotatable bonds is 4. The lowest BCUT2D eigenvalue weighted by Crippen LogP contribution is -2.16. The molecule has 0 unspecified atom stereocenters. The van der Waals surface area contributed by atoms with E-state index in [0.717, 1.165) is 22.9 Å². The van der Waals surface area contributed by atoms with Crippen molar-refractivity contribution >= 4 is 28.6 Å². The van der Waals surface area contributed by atoms with E-state index in [1.165, 1.54) is 11.3 Å². The Balaban J connectivity index is 2.16. The van der Waals surface area contributed by atoms with Gasteiger partial charge in [-0.25, -0.2) is 4.98 Å². The molecule has 2 aromatic rings. The van der Waals surface area contributed by atoms with Crippen molar-refractivity contribution in [2.45, 2.75) is 6.54 Å². The van der Waals surface area contributed by atoms with E-state index in [2.05, 4.69) is 9.88 Å². The summed E-state index contributed by atoms with van der Waals surface area (Å²) in [6.07, 6.45) is 1.80. The monoisotopic (exact) mass is 268 g/mol. The lowest BCUT2D eigenvalue weighted by atomic mass is 10.2. The molecule has 0 aliphatic rings. The van der Waals surface area contributed by atoms with Crippen molar-refractivity contribution in [1.82, 2.24) is 4.98 Å². The van der Waals surface area contributed by atoms with Gasteiger partial charge in [0.25, 0.3) is 0 Å². The Morgan fingerprint density at radius 3 is 2.82 bits per heavy atom. The van der Waals surface area contributed by atoms with Crippen LogP contribution in [0.1, 0.15) is 4.88 Å². The number of ether oxygens (including phenoxy) is 1. The van der Waals surface area contributed by atoms with Crippen molar-refractivity contribution < 1.29 is 4.74 Å². The molecule has 3 nitrogen and oxygen atoms in total. The van der Waals surface area contributed by atoms with E-state index in [0.29, 0.717) is 4.47 Å². The van der Waals surface area contributed by atoms with Crippen LogP contribution in [0, 0.1) is 0 Å². The molecule has 0 N–H and O–H groups in total. The summed E-state index contributed by atoms with van der Waals surface area (Å²) in [5.41, 5.74) is 1.06. The number of aromatic nitrogens is 1. The average Bonchev–Trinajstić information content (AvgIpc) is 2.74. The average molecular weight is 269 g/mol. The van der Waals surface area contributed by atoms with Gasteiger partial charge in [0.1, 0.15) is 5.75 Å². The minimum Gasteiger partial charge on any atom is -0.495 e. The number of methoxy groups -OCH3 is 1. The van der Waals surface area contributed by atoms with Gasteiger partial charge < -0.3 is 9.64 Å². The van der Waals surface area contributed by atoms with Crippen molar-refractivity contribution in [2.75, 3.05) is 19.1 Å². The molecule has 0 aliphatic heterocycles. The van der Waals surface area contributed by atoms with Gasteiger partial charge in [0.15, 0.2) is 4.47 Å². The number of hydrogen-bond donors (Lipinski definition) is 0. The Morgan fingerprint density at radius 2 is 2.18 bits per heavy atom. The summed E-state index contributed by atoms with van der Waals surface area (Å²) in [6, 6.07) is 7.93. The predicted molar refractivity (Wildman–Crippen MR) is 72.2 cm³/mol. The van der Waals surface area contributed by atoms with Gasteiger partial charge in [0, 0.05) is 18.1 Å². The van der Waals surface area contributed by atoms with Crippen LogP contribution in [0.3, 0.4) is 0 Å². The van der Waals surface area contributed by atoms with Crippen LogP contribution in [-0.2, 0) is 6.54 Å². The molecule has 0 saturated carbocycles. The fraction of sp³-hybridized carbons (Fsp3) is 0.250. The third-order valence-corrected chi connectivity index (χ3v) is 3.51. The highest BCUT2D eigenvalue weighted by atomic mass is 35.5. The molecule has 0 radical (unpaired) electrons. The second-order valence-corrected chi connectivity index (χ2v) is 5.30. The summed E-state index contributed by atoms with van der Waals surface area (Å²) in [6.45, 7) is 0.769. The van der Waals surface area contributed by atoms with Crippen LogP contribution in [0.5, 0.6) is 5.75 Å². The Hall–Kier alpha value is -1.26. The van der Waals surface area contributed by atoms with Crippen molar-refractivity contribution in [3.05, 3.63) is 39.8 Å². The molecule has 0 saturated heterocycles. The molecule has 90 valence electrons. The molecule has 5 heteroatoms. The highest BCUT2D eigenvalue weighted by molar-refractivity contribution is 7.15. The van der Waals surface area contributed by atoms with Gasteiger partial charge in [-0.2, -0.15) is 0 Å². The number of nitrogens with zero attached hydrogens (tertiary/aromatic N) is 2. The number of hydrogen-bond acceptors (Lipinski definition) is 4. The van der Waals surface area contributed by atoms with E-state index in [1.807, 2.05) is 31.3 Å². The van der Waals surface area contributed by atoms with Gasteiger partial charge in [0.05, 0.1) is 19.3 Å². The zero-order valence-electron chi connectivity index (χ0n) is 9.68. The summed E-state index contributed by atoms with van der Waals surface area (Å²) < 4.78 is 5.91. The van der Waals surface area contributed by atoms with E-state index in [4.69, 9.17) is 16.3 Å². The first-order chi connectivity index (χ1) is 8.20. The number of anilines is 1. The summed E-state index contributed by atoms with van der Waals surface area (Å²) in [7, 11) is 3.70. The largest absolute Gasteiger partial charge is 0.495 e. The highest BCUT2D eigenvalue weighted by Gasteiger charge is 2.09. The van der Waals surface area contributed by atoms with Crippen molar-refractivity contribution in [3.8, 4) is 5.75 Å². The SMILES string of the molecule is COc1ccccc1N(C)Cc1cnc(Cl)s1. The van der Waals surface area contributed by atoms with E-state index in [-0.39, 0.29) is 0 Å². The molecule has 0 bridgehead atoms. The van der Waals surface area contributed by atoms with Gasteiger partial charge in [-0.15, -0.1) is 11.3 Å². The van der Waals surface area contributed by atoms with Gasteiger partial charge in [-0.1, -0.05) is 23.7 Å². The van der Waals surface area contributed by atoms with E-state index >= 15 is 0 Å². The second kappa shape index (κ2) is 5.38. The standard InChI is InChI=1S/C12H13ClN2OS/c1-15(8-9-7-14-12(13)17-9)10-5-3-4-6-11(10)16-2/h3-7H,8H2,1-2H3. The van der Waals surface area contributed by atoms with Gasteiger partial charge >= 0.3 is 0 Å². The van der Waals surface area contributed by atoms with E-state index in [9.17, 15) is 0 Å². The van der Waals surface area contributed by atoms with Crippen molar-refractivity contribution in [1.29, 1.82) is 0 Å². The van der Waals surface area contributed by atoms with Gasteiger partial charge in [-0.3, -0.25) is 0 Å². The van der Waals surface area contributed by atoms with Crippen LogP contribution in [0.15, 0.2) is 30.5 Å². The summed E-state index contributed by atoms with van der Waals surface area (Å²) in [4.78, 5) is 7.27. The van der Waals surface area contributed by atoms with E-state index in [1.54, 1.807) is 13.3 Å². The minimum atomic E-state index is 0.577. The Kier molecular flexibility index (Phi) is 3.86.